The van der Waals surface area contributed by atoms with Crippen molar-refractivity contribution in [2.45, 2.75) is 13.3 Å². The molecule has 1 aromatic heterocycles. The molecule has 2 rings (SSSR count). The maximum atomic E-state index is 12.0. The summed E-state index contributed by atoms with van der Waals surface area (Å²) in [5, 5.41) is 4.20. The fourth-order valence-electron chi connectivity index (χ4n) is 1.64. The highest BCUT2D eigenvalue weighted by molar-refractivity contribution is 9.10. The molecule has 0 bridgehead atoms. The number of hydrogen-bond acceptors (Lipinski definition) is 2. The van der Waals surface area contributed by atoms with E-state index in [-0.39, 0.29) is 5.78 Å². The molecule has 0 amide bonds. The van der Waals surface area contributed by atoms with Gasteiger partial charge in [-0.25, -0.2) is 0 Å². The Hall–Kier alpha value is -1.42. The molecule has 0 atom stereocenters. The summed E-state index contributed by atoms with van der Waals surface area (Å²) in [5.74, 6) is 0.0966. The first kappa shape index (κ1) is 12.0. The summed E-state index contributed by atoms with van der Waals surface area (Å²) in [6.45, 7) is 1.97. The molecule has 2 aromatic rings. The van der Waals surface area contributed by atoms with Crippen molar-refractivity contribution >= 4 is 21.7 Å². The smallest absolute Gasteiger partial charge is 0.168 e. The third-order valence-corrected chi connectivity index (χ3v) is 3.48. The van der Waals surface area contributed by atoms with Gasteiger partial charge in [0.15, 0.2) is 5.78 Å². The summed E-state index contributed by atoms with van der Waals surface area (Å²) >= 11 is 3.42. The molecule has 0 fully saturated rings. The van der Waals surface area contributed by atoms with Crippen molar-refractivity contribution < 1.29 is 4.79 Å². The number of aromatic nitrogens is 2. The van der Waals surface area contributed by atoms with Gasteiger partial charge in [0.25, 0.3) is 0 Å². The van der Waals surface area contributed by atoms with Gasteiger partial charge in [-0.3, -0.25) is 9.48 Å². The fourth-order valence-corrected chi connectivity index (χ4v) is 1.89. The molecule has 0 radical (unpaired) electrons. The van der Waals surface area contributed by atoms with E-state index in [1.165, 1.54) is 0 Å². The van der Waals surface area contributed by atoms with Gasteiger partial charge in [0.1, 0.15) is 0 Å². The molecule has 0 aliphatic rings. The Bertz CT molecular complexity index is 560. The maximum Gasteiger partial charge on any atom is 0.168 e. The quantitative estimate of drug-likeness (QED) is 0.816. The zero-order valence-corrected chi connectivity index (χ0v) is 11.4. The normalized spacial score (nSPS) is 10.5. The zero-order valence-electron chi connectivity index (χ0n) is 9.77. The van der Waals surface area contributed by atoms with E-state index in [4.69, 9.17) is 0 Å². The lowest BCUT2D eigenvalue weighted by Gasteiger charge is -2.02. The van der Waals surface area contributed by atoms with Crippen LogP contribution in [0.5, 0.6) is 0 Å². The van der Waals surface area contributed by atoms with E-state index in [0.29, 0.717) is 6.42 Å². The lowest BCUT2D eigenvalue weighted by atomic mass is 10.0. The second-order valence-electron chi connectivity index (χ2n) is 4.04. The second-order valence-corrected chi connectivity index (χ2v) is 4.90. The molecule has 0 saturated carbocycles. The van der Waals surface area contributed by atoms with E-state index < -0.39 is 0 Å². The molecular weight excluding hydrogens is 280 g/mol. The minimum absolute atomic E-state index is 0.0966. The number of carbonyl (C=O) groups is 1. The monoisotopic (exact) mass is 292 g/mol. The summed E-state index contributed by atoms with van der Waals surface area (Å²) in [6, 6.07) is 7.50. The number of ketones is 1. The van der Waals surface area contributed by atoms with Crippen LogP contribution in [0.2, 0.25) is 0 Å². The van der Waals surface area contributed by atoms with Crippen molar-refractivity contribution in [1.82, 2.24) is 9.78 Å². The highest BCUT2D eigenvalue weighted by Crippen LogP contribution is 2.18. The van der Waals surface area contributed by atoms with Gasteiger partial charge in [0.2, 0.25) is 0 Å². The van der Waals surface area contributed by atoms with Gasteiger partial charge in [0.05, 0.1) is 12.1 Å². The van der Waals surface area contributed by atoms with E-state index in [1.54, 1.807) is 4.68 Å². The summed E-state index contributed by atoms with van der Waals surface area (Å²) in [7, 11) is 1.84. The van der Waals surface area contributed by atoms with Gasteiger partial charge in [-0.05, 0) is 30.7 Å². The van der Waals surface area contributed by atoms with Crippen LogP contribution in [-0.4, -0.2) is 15.6 Å². The first-order valence-corrected chi connectivity index (χ1v) is 6.13. The average molecular weight is 293 g/mol. The van der Waals surface area contributed by atoms with Gasteiger partial charge >= 0.3 is 0 Å². The van der Waals surface area contributed by atoms with Crippen LogP contribution >= 0.6 is 15.9 Å². The lowest BCUT2D eigenvalue weighted by molar-refractivity contribution is 0.0991. The minimum atomic E-state index is 0.0966. The molecule has 0 unspecified atom stereocenters. The number of aryl methyl sites for hydroxylation is 2. The van der Waals surface area contributed by atoms with Crippen LogP contribution in [0.3, 0.4) is 0 Å². The summed E-state index contributed by atoms with van der Waals surface area (Å²) < 4.78 is 2.72. The Kier molecular flexibility index (Phi) is 3.43. The van der Waals surface area contributed by atoms with Crippen LogP contribution in [0.1, 0.15) is 21.6 Å². The van der Waals surface area contributed by atoms with E-state index in [0.717, 1.165) is 21.3 Å². The number of carbonyl (C=O) groups excluding carboxylic acids is 1. The Balaban J connectivity index is 2.17. The van der Waals surface area contributed by atoms with Gasteiger partial charge < -0.3 is 0 Å². The molecule has 3 nitrogen and oxygen atoms in total. The standard InChI is InChI=1S/C13H13BrN2O/c1-9-7-10(3-4-12(9)14)13(17)8-11-5-6-16(2)15-11/h3-7H,8H2,1-2H3. The topological polar surface area (TPSA) is 34.9 Å². The van der Waals surface area contributed by atoms with Crippen LogP contribution in [0.4, 0.5) is 0 Å². The largest absolute Gasteiger partial charge is 0.294 e. The van der Waals surface area contributed by atoms with Gasteiger partial charge in [-0.2, -0.15) is 5.10 Å². The van der Waals surface area contributed by atoms with Crippen LogP contribution in [-0.2, 0) is 13.5 Å². The number of nitrogens with zero attached hydrogens (tertiary/aromatic N) is 2. The average Bonchev–Trinajstić information content (AvgIpc) is 2.68. The van der Waals surface area contributed by atoms with Crippen molar-refractivity contribution in [3.63, 3.8) is 0 Å². The van der Waals surface area contributed by atoms with Crippen LogP contribution < -0.4 is 0 Å². The number of benzene rings is 1. The van der Waals surface area contributed by atoms with Crippen molar-refractivity contribution in [3.05, 3.63) is 51.8 Å². The molecule has 1 heterocycles. The predicted molar refractivity (Wildman–Crippen MR) is 70.1 cm³/mol. The third-order valence-electron chi connectivity index (χ3n) is 2.59. The van der Waals surface area contributed by atoms with E-state index >= 15 is 0 Å². The van der Waals surface area contributed by atoms with Gasteiger partial charge in [-0.1, -0.05) is 22.0 Å². The number of Topliss-reactive ketones (excluding diaryl/α,β-unsaturated/α-hetero) is 1. The summed E-state index contributed by atoms with van der Waals surface area (Å²) in [5.41, 5.74) is 2.60. The van der Waals surface area contributed by atoms with Crippen molar-refractivity contribution in [1.29, 1.82) is 0 Å². The summed E-state index contributed by atoms with van der Waals surface area (Å²) in [4.78, 5) is 12.0. The minimum Gasteiger partial charge on any atom is -0.294 e. The molecule has 0 aliphatic heterocycles. The van der Waals surface area contributed by atoms with Crippen molar-refractivity contribution in [2.75, 3.05) is 0 Å². The predicted octanol–water partition coefficient (Wildman–Crippen LogP) is 2.92. The van der Waals surface area contributed by atoms with E-state index in [2.05, 4.69) is 21.0 Å². The van der Waals surface area contributed by atoms with Crippen LogP contribution in [0, 0.1) is 6.92 Å². The molecule has 0 N–H and O–H groups in total. The molecule has 88 valence electrons. The first-order valence-electron chi connectivity index (χ1n) is 5.34. The molecule has 0 spiro atoms. The van der Waals surface area contributed by atoms with E-state index in [9.17, 15) is 4.79 Å². The third kappa shape index (κ3) is 2.82. The zero-order chi connectivity index (χ0) is 12.4. The summed E-state index contributed by atoms with van der Waals surface area (Å²) in [6.07, 6.45) is 2.19. The molecule has 1 aromatic carbocycles. The molecule has 0 saturated heterocycles. The first-order chi connectivity index (χ1) is 8.06. The van der Waals surface area contributed by atoms with Crippen LogP contribution in [0.15, 0.2) is 34.9 Å². The van der Waals surface area contributed by atoms with E-state index in [1.807, 2.05) is 44.4 Å². The van der Waals surface area contributed by atoms with Gasteiger partial charge in [0, 0.05) is 23.3 Å². The van der Waals surface area contributed by atoms with Crippen molar-refractivity contribution in [3.8, 4) is 0 Å². The molecule has 17 heavy (non-hydrogen) atoms. The Labute approximate surface area is 109 Å². The number of hydrogen-bond donors (Lipinski definition) is 0. The molecule has 4 heteroatoms. The lowest BCUT2D eigenvalue weighted by Crippen LogP contribution is -2.05. The van der Waals surface area contributed by atoms with Gasteiger partial charge in [-0.15, -0.1) is 0 Å². The Morgan fingerprint density at radius 1 is 1.41 bits per heavy atom. The maximum absolute atomic E-state index is 12.0. The fraction of sp³-hybridized carbons (Fsp3) is 0.231. The number of rotatable bonds is 3. The Morgan fingerprint density at radius 3 is 2.76 bits per heavy atom. The Morgan fingerprint density at radius 2 is 2.18 bits per heavy atom. The molecular formula is C13H13BrN2O. The highest BCUT2D eigenvalue weighted by atomic mass is 79.9. The number of halogens is 1. The SMILES string of the molecule is Cc1cc(C(=O)Cc2ccn(C)n2)ccc1Br. The second kappa shape index (κ2) is 4.84. The highest BCUT2D eigenvalue weighted by Gasteiger charge is 2.09. The van der Waals surface area contributed by atoms with Crippen LogP contribution in [0.25, 0.3) is 0 Å². The molecule has 0 aliphatic carbocycles. The van der Waals surface area contributed by atoms with Crippen molar-refractivity contribution in [2.24, 2.45) is 7.05 Å².